The van der Waals surface area contributed by atoms with Crippen LogP contribution in [0.4, 0.5) is 10.1 Å². The molecule has 0 saturated carbocycles. The molecule has 0 amide bonds. The number of aromatic nitrogens is 2. The van der Waals surface area contributed by atoms with E-state index in [9.17, 15) is 12.8 Å². The maximum Gasteiger partial charge on any atom is 0.262 e. The fraction of sp³-hybridized carbons (Fsp3) is 0.188. The molecule has 7 heteroatoms. The molecule has 120 valence electrons. The number of hydrogen-bond acceptors (Lipinski definition) is 3. The summed E-state index contributed by atoms with van der Waals surface area (Å²) in [4.78, 5) is 4.43. The number of anilines is 1. The van der Waals surface area contributed by atoms with Gasteiger partial charge in [0, 0.05) is 11.9 Å². The van der Waals surface area contributed by atoms with E-state index in [0.29, 0.717) is 11.3 Å². The smallest absolute Gasteiger partial charge is 0.262 e. The molecule has 0 radical (unpaired) electrons. The predicted octanol–water partition coefficient (Wildman–Crippen LogP) is 3.20. The molecule has 1 N–H and O–H groups in total. The second kappa shape index (κ2) is 5.34. The van der Waals surface area contributed by atoms with Crippen LogP contribution in [0, 0.1) is 26.6 Å². The van der Waals surface area contributed by atoms with E-state index in [4.69, 9.17) is 0 Å². The minimum atomic E-state index is -3.79. The Kier molecular flexibility index (Phi) is 3.60. The molecule has 1 aromatic carbocycles. The van der Waals surface area contributed by atoms with Crippen LogP contribution < -0.4 is 4.72 Å². The minimum absolute atomic E-state index is 0.0533. The van der Waals surface area contributed by atoms with Gasteiger partial charge in [-0.25, -0.2) is 17.8 Å². The van der Waals surface area contributed by atoms with Gasteiger partial charge in [0.1, 0.15) is 11.5 Å². The highest BCUT2D eigenvalue weighted by molar-refractivity contribution is 7.92. The molecule has 0 aliphatic heterocycles. The van der Waals surface area contributed by atoms with Gasteiger partial charge in [0.05, 0.1) is 16.3 Å². The standard InChI is InChI=1S/C16H16FN3O2S/c1-10-8-13(17)4-6-15(10)23(21,22)19-14-5-7-16-18-11(2)12(3)20(16)9-14/h4-9,19H,1-3H3. The summed E-state index contributed by atoms with van der Waals surface area (Å²) in [6, 6.07) is 6.99. The summed E-state index contributed by atoms with van der Waals surface area (Å²) in [5.41, 5.74) is 3.36. The molecule has 0 saturated heterocycles. The van der Waals surface area contributed by atoms with Crippen LogP contribution in [0.5, 0.6) is 0 Å². The monoisotopic (exact) mass is 333 g/mol. The van der Waals surface area contributed by atoms with Crippen LogP contribution in [0.1, 0.15) is 17.0 Å². The van der Waals surface area contributed by atoms with Crippen molar-refractivity contribution < 1.29 is 12.8 Å². The second-order valence-corrected chi connectivity index (χ2v) is 7.09. The van der Waals surface area contributed by atoms with Crippen molar-refractivity contribution in [1.29, 1.82) is 0 Å². The van der Waals surface area contributed by atoms with Crippen molar-refractivity contribution >= 4 is 21.4 Å². The average molecular weight is 333 g/mol. The van der Waals surface area contributed by atoms with Gasteiger partial charge < -0.3 is 4.40 Å². The molecule has 0 bridgehead atoms. The van der Waals surface area contributed by atoms with E-state index >= 15 is 0 Å². The molecule has 0 fully saturated rings. The van der Waals surface area contributed by atoms with Gasteiger partial charge in [0.25, 0.3) is 10.0 Å². The molecule has 23 heavy (non-hydrogen) atoms. The van der Waals surface area contributed by atoms with E-state index < -0.39 is 15.8 Å². The zero-order chi connectivity index (χ0) is 16.8. The van der Waals surface area contributed by atoms with Gasteiger partial charge >= 0.3 is 0 Å². The normalized spacial score (nSPS) is 11.8. The second-order valence-electron chi connectivity index (χ2n) is 5.44. The SMILES string of the molecule is Cc1cc(F)ccc1S(=O)(=O)Nc1ccc2nc(C)c(C)n2c1. The Morgan fingerprint density at radius 3 is 2.57 bits per heavy atom. The Hall–Kier alpha value is -2.41. The first-order valence-electron chi connectivity index (χ1n) is 7.02. The first-order chi connectivity index (χ1) is 10.8. The van der Waals surface area contributed by atoms with E-state index in [1.165, 1.54) is 12.1 Å². The predicted molar refractivity (Wildman–Crippen MR) is 86.6 cm³/mol. The maximum absolute atomic E-state index is 13.2. The number of aryl methyl sites for hydroxylation is 3. The Labute approximate surface area is 133 Å². The van der Waals surface area contributed by atoms with Crippen LogP contribution in [0.15, 0.2) is 41.4 Å². The fourth-order valence-electron chi connectivity index (χ4n) is 2.46. The summed E-state index contributed by atoms with van der Waals surface area (Å²) in [7, 11) is -3.79. The Balaban J connectivity index is 2.01. The van der Waals surface area contributed by atoms with E-state index in [1.807, 2.05) is 18.2 Å². The molecule has 3 rings (SSSR count). The fourth-order valence-corrected chi connectivity index (χ4v) is 3.74. The molecule has 0 atom stereocenters. The zero-order valence-corrected chi connectivity index (χ0v) is 13.8. The summed E-state index contributed by atoms with van der Waals surface area (Å²) in [5.74, 6) is -0.465. The zero-order valence-electron chi connectivity index (χ0n) is 13.0. The first-order valence-corrected chi connectivity index (χ1v) is 8.50. The van der Waals surface area contributed by atoms with Crippen LogP contribution in [-0.2, 0) is 10.0 Å². The molecule has 2 heterocycles. The van der Waals surface area contributed by atoms with Gasteiger partial charge in [-0.2, -0.15) is 0 Å². The number of pyridine rings is 1. The third-order valence-corrected chi connectivity index (χ3v) is 5.31. The third kappa shape index (κ3) is 2.79. The minimum Gasteiger partial charge on any atom is -0.302 e. The lowest BCUT2D eigenvalue weighted by atomic mass is 10.2. The summed E-state index contributed by atoms with van der Waals surface area (Å²) in [6.45, 7) is 5.37. The van der Waals surface area contributed by atoms with Crippen molar-refractivity contribution in [2.45, 2.75) is 25.7 Å². The quantitative estimate of drug-likeness (QED) is 0.800. The van der Waals surface area contributed by atoms with E-state index in [2.05, 4.69) is 9.71 Å². The lowest BCUT2D eigenvalue weighted by Gasteiger charge is -2.11. The molecular formula is C16H16FN3O2S. The number of nitrogens with zero attached hydrogens (tertiary/aromatic N) is 2. The average Bonchev–Trinajstić information content (AvgIpc) is 2.73. The summed E-state index contributed by atoms with van der Waals surface area (Å²) in [6.07, 6.45) is 1.68. The molecule has 0 unspecified atom stereocenters. The highest BCUT2D eigenvalue weighted by Gasteiger charge is 2.18. The molecular weight excluding hydrogens is 317 g/mol. The van der Waals surface area contributed by atoms with Crippen molar-refractivity contribution in [3.05, 3.63) is 59.3 Å². The number of sulfonamides is 1. The first kappa shape index (κ1) is 15.5. The van der Waals surface area contributed by atoms with Crippen molar-refractivity contribution in [1.82, 2.24) is 9.38 Å². The molecule has 5 nitrogen and oxygen atoms in total. The van der Waals surface area contributed by atoms with Crippen molar-refractivity contribution in [3.8, 4) is 0 Å². The summed E-state index contributed by atoms with van der Waals surface area (Å²) < 4.78 is 42.5. The van der Waals surface area contributed by atoms with Gasteiger partial charge in [0.15, 0.2) is 0 Å². The highest BCUT2D eigenvalue weighted by Crippen LogP contribution is 2.21. The largest absolute Gasteiger partial charge is 0.302 e. The topological polar surface area (TPSA) is 63.5 Å². The van der Waals surface area contributed by atoms with E-state index in [1.54, 1.807) is 25.3 Å². The number of benzene rings is 1. The van der Waals surface area contributed by atoms with Crippen LogP contribution in [0.25, 0.3) is 5.65 Å². The lowest BCUT2D eigenvalue weighted by molar-refractivity contribution is 0.598. The molecule has 0 aliphatic rings. The number of hydrogen-bond donors (Lipinski definition) is 1. The van der Waals surface area contributed by atoms with Crippen LogP contribution in [0.2, 0.25) is 0 Å². The van der Waals surface area contributed by atoms with Gasteiger partial charge in [-0.3, -0.25) is 4.72 Å². The molecule has 2 aromatic heterocycles. The van der Waals surface area contributed by atoms with E-state index in [-0.39, 0.29) is 4.90 Å². The number of imidazole rings is 1. The van der Waals surface area contributed by atoms with Crippen molar-refractivity contribution in [2.75, 3.05) is 4.72 Å². The van der Waals surface area contributed by atoms with Crippen LogP contribution in [-0.4, -0.2) is 17.8 Å². The number of fused-ring (bicyclic) bond motifs is 1. The van der Waals surface area contributed by atoms with Gasteiger partial charge in [-0.05, 0) is 56.7 Å². The Morgan fingerprint density at radius 1 is 1.13 bits per heavy atom. The van der Waals surface area contributed by atoms with Crippen molar-refractivity contribution in [2.24, 2.45) is 0 Å². The highest BCUT2D eigenvalue weighted by atomic mass is 32.2. The van der Waals surface area contributed by atoms with Gasteiger partial charge in [-0.15, -0.1) is 0 Å². The molecule has 0 aliphatic carbocycles. The van der Waals surface area contributed by atoms with Crippen molar-refractivity contribution in [3.63, 3.8) is 0 Å². The third-order valence-electron chi connectivity index (χ3n) is 3.77. The maximum atomic E-state index is 13.2. The molecule has 3 aromatic rings. The van der Waals surface area contributed by atoms with Gasteiger partial charge in [0.2, 0.25) is 0 Å². The summed E-state index contributed by atoms with van der Waals surface area (Å²) >= 11 is 0. The van der Waals surface area contributed by atoms with Gasteiger partial charge in [-0.1, -0.05) is 0 Å². The number of nitrogens with one attached hydrogen (secondary N) is 1. The number of halogens is 1. The lowest BCUT2D eigenvalue weighted by Crippen LogP contribution is -2.14. The molecule has 0 spiro atoms. The Bertz CT molecular complexity index is 1010. The summed E-state index contributed by atoms with van der Waals surface area (Å²) in [5, 5.41) is 0. The van der Waals surface area contributed by atoms with Crippen LogP contribution >= 0.6 is 0 Å². The van der Waals surface area contributed by atoms with E-state index in [0.717, 1.165) is 23.1 Å². The Morgan fingerprint density at radius 2 is 1.87 bits per heavy atom. The number of rotatable bonds is 3. The van der Waals surface area contributed by atoms with Crippen LogP contribution in [0.3, 0.4) is 0 Å².